The van der Waals surface area contributed by atoms with E-state index in [4.69, 9.17) is 0 Å². The molecule has 0 aromatic carbocycles. The summed E-state index contributed by atoms with van der Waals surface area (Å²) >= 11 is 0. The zero-order valence-corrected chi connectivity index (χ0v) is 11.4. The molecule has 1 saturated heterocycles. The number of hydrogen-bond acceptors (Lipinski definition) is 3. The molecule has 1 unspecified atom stereocenters. The van der Waals surface area contributed by atoms with E-state index in [9.17, 15) is 0 Å². The lowest BCUT2D eigenvalue weighted by Crippen LogP contribution is -2.48. The molecule has 1 N–H and O–H groups in total. The Morgan fingerprint density at radius 1 is 1.47 bits per heavy atom. The monoisotopic (exact) mass is 236 g/mol. The summed E-state index contributed by atoms with van der Waals surface area (Å²) in [7, 11) is 1.99. The van der Waals surface area contributed by atoms with Crippen LogP contribution in [0.5, 0.6) is 0 Å². The molecule has 4 heteroatoms. The number of nitrogens with zero attached hydrogens (tertiary/aromatic N) is 3. The van der Waals surface area contributed by atoms with E-state index in [0.29, 0.717) is 12.1 Å². The molecule has 1 aliphatic heterocycles. The van der Waals surface area contributed by atoms with Crippen LogP contribution < -0.4 is 10.2 Å². The van der Waals surface area contributed by atoms with Gasteiger partial charge in [-0.05, 0) is 19.8 Å². The molecule has 4 nitrogen and oxygen atoms in total. The SMILES string of the molecule is Cc1nn(C)cc1N1CCCC(NC(C)C)C1. The highest BCUT2D eigenvalue weighted by Crippen LogP contribution is 2.22. The average molecular weight is 236 g/mol. The van der Waals surface area contributed by atoms with Crippen LogP contribution in [0.4, 0.5) is 5.69 Å². The Kier molecular flexibility index (Phi) is 3.72. The highest BCUT2D eigenvalue weighted by molar-refractivity contribution is 5.49. The van der Waals surface area contributed by atoms with E-state index >= 15 is 0 Å². The zero-order chi connectivity index (χ0) is 12.4. The first-order valence-electron chi connectivity index (χ1n) is 6.57. The van der Waals surface area contributed by atoms with E-state index in [0.717, 1.165) is 18.8 Å². The molecule has 96 valence electrons. The van der Waals surface area contributed by atoms with Gasteiger partial charge in [0.1, 0.15) is 0 Å². The van der Waals surface area contributed by atoms with Crippen LogP contribution >= 0.6 is 0 Å². The number of hydrogen-bond donors (Lipinski definition) is 1. The van der Waals surface area contributed by atoms with Gasteiger partial charge in [0.05, 0.1) is 11.4 Å². The summed E-state index contributed by atoms with van der Waals surface area (Å²) in [6, 6.07) is 1.18. The van der Waals surface area contributed by atoms with Crippen molar-refractivity contribution in [1.82, 2.24) is 15.1 Å². The number of anilines is 1. The maximum absolute atomic E-state index is 4.43. The predicted molar refractivity (Wildman–Crippen MR) is 71.5 cm³/mol. The number of rotatable bonds is 3. The van der Waals surface area contributed by atoms with Crippen molar-refractivity contribution in [2.45, 2.75) is 45.7 Å². The fourth-order valence-electron chi connectivity index (χ4n) is 2.70. The van der Waals surface area contributed by atoms with Gasteiger partial charge in [0.25, 0.3) is 0 Å². The molecule has 17 heavy (non-hydrogen) atoms. The fraction of sp³-hybridized carbons (Fsp3) is 0.769. The first-order chi connectivity index (χ1) is 8.06. The minimum Gasteiger partial charge on any atom is -0.367 e. The smallest absolute Gasteiger partial charge is 0.0827 e. The van der Waals surface area contributed by atoms with Crippen LogP contribution in [0.25, 0.3) is 0 Å². The quantitative estimate of drug-likeness (QED) is 0.867. The van der Waals surface area contributed by atoms with Crippen molar-refractivity contribution < 1.29 is 0 Å². The molecule has 0 bridgehead atoms. The van der Waals surface area contributed by atoms with Crippen LogP contribution in [0.1, 0.15) is 32.4 Å². The second kappa shape index (κ2) is 5.08. The maximum Gasteiger partial charge on any atom is 0.0827 e. The molecular weight excluding hydrogens is 212 g/mol. The van der Waals surface area contributed by atoms with Crippen molar-refractivity contribution in [2.24, 2.45) is 7.05 Å². The van der Waals surface area contributed by atoms with Gasteiger partial charge >= 0.3 is 0 Å². The molecule has 1 atom stereocenters. The van der Waals surface area contributed by atoms with Crippen molar-refractivity contribution >= 4 is 5.69 Å². The van der Waals surface area contributed by atoms with E-state index in [-0.39, 0.29) is 0 Å². The molecule has 1 aromatic heterocycles. The Bertz CT molecular complexity index is 369. The Morgan fingerprint density at radius 2 is 2.24 bits per heavy atom. The van der Waals surface area contributed by atoms with Crippen LogP contribution in [0, 0.1) is 6.92 Å². The molecule has 0 radical (unpaired) electrons. The van der Waals surface area contributed by atoms with Crippen LogP contribution in [0.3, 0.4) is 0 Å². The molecule has 2 heterocycles. The third-order valence-corrected chi connectivity index (χ3v) is 3.32. The van der Waals surface area contributed by atoms with Gasteiger partial charge in [0.15, 0.2) is 0 Å². The van der Waals surface area contributed by atoms with Crippen LogP contribution in [-0.2, 0) is 7.05 Å². The molecule has 0 amide bonds. The van der Waals surface area contributed by atoms with Gasteiger partial charge in [0.2, 0.25) is 0 Å². The lowest BCUT2D eigenvalue weighted by atomic mass is 10.0. The summed E-state index contributed by atoms with van der Waals surface area (Å²) in [6.07, 6.45) is 4.68. The summed E-state index contributed by atoms with van der Waals surface area (Å²) in [5, 5.41) is 8.07. The molecule has 1 aliphatic rings. The second-order valence-corrected chi connectivity index (χ2v) is 5.38. The second-order valence-electron chi connectivity index (χ2n) is 5.38. The van der Waals surface area contributed by atoms with Gasteiger partial charge in [-0.3, -0.25) is 4.68 Å². The number of piperidine rings is 1. The highest BCUT2D eigenvalue weighted by Gasteiger charge is 2.22. The van der Waals surface area contributed by atoms with Gasteiger partial charge in [-0.25, -0.2) is 0 Å². The highest BCUT2D eigenvalue weighted by atomic mass is 15.3. The molecule has 0 aliphatic carbocycles. The fourth-order valence-corrected chi connectivity index (χ4v) is 2.70. The standard InChI is InChI=1S/C13H24N4/c1-10(2)14-12-6-5-7-17(8-12)13-9-16(4)15-11(13)3/h9-10,12,14H,5-8H2,1-4H3. The van der Waals surface area contributed by atoms with Gasteiger partial charge in [-0.2, -0.15) is 5.10 Å². The number of nitrogens with one attached hydrogen (secondary N) is 1. The lowest BCUT2D eigenvalue weighted by Gasteiger charge is -2.35. The van der Waals surface area contributed by atoms with E-state index in [1.54, 1.807) is 0 Å². The van der Waals surface area contributed by atoms with E-state index < -0.39 is 0 Å². The first-order valence-corrected chi connectivity index (χ1v) is 6.57. The summed E-state index contributed by atoms with van der Waals surface area (Å²) in [6.45, 7) is 8.78. The Balaban J connectivity index is 2.04. The Labute approximate surface area is 104 Å². The summed E-state index contributed by atoms with van der Waals surface area (Å²) in [4.78, 5) is 2.46. The van der Waals surface area contributed by atoms with Crippen LogP contribution in [0.2, 0.25) is 0 Å². The normalized spacial score (nSPS) is 21.2. The molecule has 0 saturated carbocycles. The van der Waals surface area contributed by atoms with E-state index in [1.165, 1.54) is 18.5 Å². The molecule has 1 fully saturated rings. The number of aryl methyl sites for hydroxylation is 2. The lowest BCUT2D eigenvalue weighted by molar-refractivity contribution is 0.394. The average Bonchev–Trinajstić information content (AvgIpc) is 2.57. The third-order valence-electron chi connectivity index (χ3n) is 3.32. The minimum atomic E-state index is 0.565. The van der Waals surface area contributed by atoms with Crippen LogP contribution in [0.15, 0.2) is 6.20 Å². The van der Waals surface area contributed by atoms with Crippen molar-refractivity contribution in [2.75, 3.05) is 18.0 Å². The van der Waals surface area contributed by atoms with E-state index in [2.05, 4.69) is 42.3 Å². The Morgan fingerprint density at radius 3 is 2.82 bits per heavy atom. The third kappa shape index (κ3) is 3.00. The molecule has 0 spiro atoms. The summed E-state index contributed by atoms with van der Waals surface area (Å²) in [5.74, 6) is 0. The molecule has 1 aromatic rings. The number of aromatic nitrogens is 2. The summed E-state index contributed by atoms with van der Waals surface area (Å²) < 4.78 is 1.91. The van der Waals surface area contributed by atoms with Gasteiger partial charge < -0.3 is 10.2 Å². The molecular formula is C13H24N4. The zero-order valence-electron chi connectivity index (χ0n) is 11.4. The summed E-state index contributed by atoms with van der Waals surface area (Å²) in [5.41, 5.74) is 2.43. The van der Waals surface area contributed by atoms with Crippen LogP contribution in [-0.4, -0.2) is 35.0 Å². The maximum atomic E-state index is 4.43. The van der Waals surface area contributed by atoms with Crippen molar-refractivity contribution in [3.05, 3.63) is 11.9 Å². The van der Waals surface area contributed by atoms with Crippen molar-refractivity contribution in [3.8, 4) is 0 Å². The largest absolute Gasteiger partial charge is 0.367 e. The van der Waals surface area contributed by atoms with Gasteiger partial charge in [-0.15, -0.1) is 0 Å². The van der Waals surface area contributed by atoms with Crippen molar-refractivity contribution in [1.29, 1.82) is 0 Å². The van der Waals surface area contributed by atoms with E-state index in [1.807, 2.05) is 11.7 Å². The van der Waals surface area contributed by atoms with Gasteiger partial charge in [0, 0.05) is 38.4 Å². The predicted octanol–water partition coefficient (Wildman–Crippen LogP) is 1.70. The topological polar surface area (TPSA) is 33.1 Å². The molecule has 2 rings (SSSR count). The first kappa shape index (κ1) is 12.4. The minimum absolute atomic E-state index is 0.565. The van der Waals surface area contributed by atoms with Crippen molar-refractivity contribution in [3.63, 3.8) is 0 Å². The van der Waals surface area contributed by atoms with Gasteiger partial charge in [-0.1, -0.05) is 13.8 Å². The Hall–Kier alpha value is -1.03.